The summed E-state index contributed by atoms with van der Waals surface area (Å²) in [7, 11) is -2.22. The van der Waals surface area contributed by atoms with Crippen LogP contribution in [0.25, 0.3) is 0 Å². The lowest BCUT2D eigenvalue weighted by Gasteiger charge is -2.30. The molecule has 0 bridgehead atoms. The summed E-state index contributed by atoms with van der Waals surface area (Å²) in [5.41, 5.74) is 0. The number of likely N-dealkylation sites (N-methyl/N-ethyl adjacent to an activating group) is 2. The molecule has 0 aliphatic carbocycles. The number of carbonyl (C=O) groups excluding carboxylic acids is 1. The molecule has 0 heterocycles. The summed E-state index contributed by atoms with van der Waals surface area (Å²) in [5, 5.41) is 0.352. The molecule has 0 rings (SSSR count). The van der Waals surface area contributed by atoms with Crippen molar-refractivity contribution in [1.29, 1.82) is 0 Å². The predicted molar refractivity (Wildman–Crippen MR) is 139 cm³/mol. The van der Waals surface area contributed by atoms with Gasteiger partial charge in [0.05, 0.1) is 0 Å². The fourth-order valence-electron chi connectivity index (χ4n) is 3.57. The van der Waals surface area contributed by atoms with Crippen molar-refractivity contribution in [2.24, 2.45) is 0 Å². The lowest BCUT2D eigenvalue weighted by Crippen LogP contribution is -2.43. The second-order valence-electron chi connectivity index (χ2n) is 8.37. The van der Waals surface area contributed by atoms with Crippen molar-refractivity contribution in [3.63, 3.8) is 0 Å². The number of hydrogen-bond donors (Lipinski definition) is 0. The van der Waals surface area contributed by atoms with Crippen molar-refractivity contribution in [3.05, 3.63) is 0 Å². The van der Waals surface area contributed by atoms with Crippen molar-refractivity contribution in [3.8, 4) is 0 Å². The molecular formula is C24H52N2O3SSi. The van der Waals surface area contributed by atoms with Gasteiger partial charge in [-0.15, -0.1) is 0 Å². The predicted octanol–water partition coefficient (Wildman–Crippen LogP) is 5.79. The van der Waals surface area contributed by atoms with E-state index in [2.05, 4.69) is 51.0 Å². The molecule has 0 aromatic rings. The zero-order chi connectivity index (χ0) is 23.4. The van der Waals surface area contributed by atoms with E-state index in [0.29, 0.717) is 5.12 Å². The van der Waals surface area contributed by atoms with Crippen LogP contribution in [-0.2, 0) is 13.6 Å². The highest BCUT2D eigenvalue weighted by Crippen LogP contribution is 2.20. The molecule has 0 atom stereocenters. The van der Waals surface area contributed by atoms with Gasteiger partial charge in [0.15, 0.2) is 5.12 Å². The van der Waals surface area contributed by atoms with Crippen LogP contribution in [0.4, 0.5) is 0 Å². The topological polar surface area (TPSA) is 42.0 Å². The molecule has 0 unspecified atom stereocenters. The van der Waals surface area contributed by atoms with Crippen molar-refractivity contribution in [1.82, 2.24) is 9.80 Å². The minimum atomic E-state index is -2.22. The first-order chi connectivity index (χ1) is 14.9. The van der Waals surface area contributed by atoms with Gasteiger partial charge in [0.25, 0.3) is 0 Å². The average molecular weight is 477 g/mol. The van der Waals surface area contributed by atoms with Gasteiger partial charge in [-0.05, 0) is 51.6 Å². The average Bonchev–Trinajstić information content (AvgIpc) is 2.77. The van der Waals surface area contributed by atoms with Gasteiger partial charge in [-0.1, -0.05) is 72.1 Å². The number of hydrogen-bond acceptors (Lipinski definition) is 6. The van der Waals surface area contributed by atoms with Crippen LogP contribution in [0.2, 0.25) is 12.6 Å². The molecule has 0 aliphatic heterocycles. The van der Waals surface area contributed by atoms with Crippen LogP contribution in [-0.4, -0.2) is 81.7 Å². The van der Waals surface area contributed by atoms with Gasteiger partial charge in [0, 0.05) is 38.5 Å². The zero-order valence-corrected chi connectivity index (χ0v) is 23.4. The second-order valence-corrected chi connectivity index (χ2v) is 12.9. The van der Waals surface area contributed by atoms with E-state index in [9.17, 15) is 4.79 Å². The molecule has 0 fully saturated rings. The van der Waals surface area contributed by atoms with Gasteiger partial charge in [-0.2, -0.15) is 0 Å². The first-order valence-electron chi connectivity index (χ1n) is 12.8. The second kappa shape index (κ2) is 20.7. The number of thioether (sulfide) groups is 1. The van der Waals surface area contributed by atoms with Crippen LogP contribution in [0.15, 0.2) is 0 Å². The third-order valence-electron chi connectivity index (χ3n) is 5.94. The van der Waals surface area contributed by atoms with E-state index in [-0.39, 0.29) is 0 Å². The molecule has 7 heteroatoms. The molecule has 0 aliphatic rings. The summed E-state index contributed by atoms with van der Waals surface area (Å²) < 4.78 is 12.8. The van der Waals surface area contributed by atoms with Crippen LogP contribution in [0, 0.1) is 0 Å². The Morgan fingerprint density at radius 3 is 1.77 bits per heavy atom. The summed E-state index contributed by atoms with van der Waals surface area (Å²) in [6.07, 6.45) is 7.74. The minimum absolute atomic E-state index is 0.352. The summed E-state index contributed by atoms with van der Waals surface area (Å²) in [5.74, 6) is 0.884. The SMILES string of the molecule is CCCCCCCC(=O)SCCC[Si](C)(OCCN(CC)CC)OCCN(CC)CC. The Morgan fingerprint density at radius 2 is 1.29 bits per heavy atom. The van der Waals surface area contributed by atoms with E-state index >= 15 is 0 Å². The van der Waals surface area contributed by atoms with Crippen molar-refractivity contribution in [2.75, 3.05) is 58.2 Å². The van der Waals surface area contributed by atoms with Crippen molar-refractivity contribution < 1.29 is 13.6 Å². The minimum Gasteiger partial charge on any atom is -0.393 e. The van der Waals surface area contributed by atoms with Gasteiger partial charge in [-0.25, -0.2) is 0 Å². The molecule has 0 N–H and O–H groups in total. The van der Waals surface area contributed by atoms with E-state index < -0.39 is 8.56 Å². The Hall–Kier alpha value is 0.0769. The summed E-state index contributed by atoms with van der Waals surface area (Å²) in [4.78, 5) is 16.9. The molecule has 0 saturated heterocycles. The maximum absolute atomic E-state index is 12.1. The largest absolute Gasteiger partial charge is 0.393 e. The third kappa shape index (κ3) is 17.2. The maximum Gasteiger partial charge on any atom is 0.335 e. The van der Waals surface area contributed by atoms with E-state index in [0.717, 1.165) is 83.5 Å². The van der Waals surface area contributed by atoms with Crippen LogP contribution in [0.5, 0.6) is 0 Å². The molecular weight excluding hydrogens is 424 g/mol. The molecule has 0 amide bonds. The number of carbonyl (C=O) groups is 1. The Kier molecular flexibility index (Phi) is 20.7. The molecule has 0 spiro atoms. The van der Waals surface area contributed by atoms with E-state index in [1.807, 2.05) is 0 Å². The smallest absolute Gasteiger partial charge is 0.335 e. The highest BCUT2D eigenvalue weighted by Gasteiger charge is 2.31. The summed E-state index contributed by atoms with van der Waals surface area (Å²) in [6, 6.07) is 0.959. The molecule has 0 radical (unpaired) electrons. The van der Waals surface area contributed by atoms with Crippen molar-refractivity contribution >= 4 is 25.4 Å². The summed E-state index contributed by atoms with van der Waals surface area (Å²) in [6.45, 7) is 20.8. The fourth-order valence-corrected chi connectivity index (χ4v) is 6.87. The quantitative estimate of drug-likeness (QED) is 0.146. The van der Waals surface area contributed by atoms with E-state index in [4.69, 9.17) is 8.85 Å². The molecule has 186 valence electrons. The highest BCUT2D eigenvalue weighted by atomic mass is 32.2. The fraction of sp³-hybridized carbons (Fsp3) is 0.958. The molecule has 0 aromatic carbocycles. The van der Waals surface area contributed by atoms with Crippen LogP contribution in [0.3, 0.4) is 0 Å². The van der Waals surface area contributed by atoms with Gasteiger partial charge >= 0.3 is 8.56 Å². The molecule has 31 heavy (non-hydrogen) atoms. The number of nitrogens with zero attached hydrogens (tertiary/aromatic N) is 2. The first-order valence-corrected chi connectivity index (χ1v) is 16.3. The first kappa shape index (κ1) is 31.1. The third-order valence-corrected chi connectivity index (χ3v) is 9.85. The number of rotatable bonds is 22. The van der Waals surface area contributed by atoms with Gasteiger partial charge in [0.2, 0.25) is 0 Å². The summed E-state index contributed by atoms with van der Waals surface area (Å²) >= 11 is 1.51. The lowest BCUT2D eigenvalue weighted by atomic mass is 10.1. The van der Waals surface area contributed by atoms with Crippen LogP contribution < -0.4 is 0 Å². The Bertz CT molecular complexity index is 404. The van der Waals surface area contributed by atoms with Gasteiger partial charge in [0.1, 0.15) is 0 Å². The maximum atomic E-state index is 12.1. The molecule has 0 saturated carbocycles. The molecule has 5 nitrogen and oxygen atoms in total. The Morgan fingerprint density at radius 1 is 0.774 bits per heavy atom. The van der Waals surface area contributed by atoms with Gasteiger partial charge in [-0.3, -0.25) is 4.79 Å². The standard InChI is InChI=1S/C24H52N2O3SSi/c1-7-12-13-14-15-17-24(27)30-22-16-23-31(6,28-20-18-25(8-2)9-3)29-21-19-26(10-4)11-5/h7-23H2,1-6H3. The Labute approximate surface area is 199 Å². The van der Waals surface area contributed by atoms with Gasteiger partial charge < -0.3 is 18.7 Å². The normalized spacial score (nSPS) is 12.3. The zero-order valence-electron chi connectivity index (χ0n) is 21.5. The van der Waals surface area contributed by atoms with E-state index in [1.54, 1.807) is 0 Å². The van der Waals surface area contributed by atoms with Crippen LogP contribution in [0.1, 0.15) is 79.6 Å². The number of unbranched alkanes of at least 4 members (excludes halogenated alkanes) is 4. The monoisotopic (exact) mass is 476 g/mol. The lowest BCUT2D eigenvalue weighted by molar-refractivity contribution is -0.111. The van der Waals surface area contributed by atoms with E-state index in [1.165, 1.54) is 37.4 Å². The van der Waals surface area contributed by atoms with Crippen LogP contribution >= 0.6 is 11.8 Å². The molecule has 0 aromatic heterocycles. The Balaban J connectivity index is 4.36. The highest BCUT2D eigenvalue weighted by molar-refractivity contribution is 8.13. The van der Waals surface area contributed by atoms with Crippen molar-refractivity contribution in [2.45, 2.75) is 92.2 Å².